The van der Waals surface area contributed by atoms with Gasteiger partial charge in [-0.25, -0.2) is 0 Å². The highest BCUT2D eigenvalue weighted by Gasteiger charge is 2.24. The molecule has 41 heavy (non-hydrogen) atoms. The van der Waals surface area contributed by atoms with Gasteiger partial charge in [-0.2, -0.15) is 0 Å². The molecule has 0 heterocycles. The van der Waals surface area contributed by atoms with E-state index in [0.717, 1.165) is 24.2 Å². The quantitative estimate of drug-likeness (QED) is 0.209. The van der Waals surface area contributed by atoms with Crippen molar-refractivity contribution in [2.75, 3.05) is 0 Å². The summed E-state index contributed by atoms with van der Waals surface area (Å²) in [4.78, 5) is 0. The van der Waals surface area contributed by atoms with Crippen molar-refractivity contribution in [2.24, 2.45) is 17.8 Å². The minimum absolute atomic E-state index is 0.00531. The maximum atomic E-state index is 2.45. The number of hydrogen-bond donors (Lipinski definition) is 0. The van der Waals surface area contributed by atoms with Gasteiger partial charge in [0.15, 0.2) is 0 Å². The molecule has 0 radical (unpaired) electrons. The molecule has 3 rings (SSSR count). The topological polar surface area (TPSA) is 0 Å². The van der Waals surface area contributed by atoms with Gasteiger partial charge in [0.2, 0.25) is 0 Å². The third kappa shape index (κ3) is 12.2. The fraction of sp³-hybridized carbons (Fsp3) is 0.561. The van der Waals surface area contributed by atoms with Crippen LogP contribution in [-0.4, -0.2) is 0 Å². The molecule has 0 amide bonds. The van der Waals surface area contributed by atoms with Crippen LogP contribution in [0.1, 0.15) is 135 Å². The van der Waals surface area contributed by atoms with E-state index in [1.807, 2.05) is 0 Å². The van der Waals surface area contributed by atoms with Gasteiger partial charge in [-0.15, -0.1) is 0 Å². The van der Waals surface area contributed by atoms with Gasteiger partial charge < -0.3 is 0 Å². The average Bonchev–Trinajstić information content (AvgIpc) is 2.93. The Morgan fingerprint density at radius 3 is 1.34 bits per heavy atom. The Hall–Kier alpha value is -2.34. The molecule has 0 bridgehead atoms. The van der Waals surface area contributed by atoms with E-state index >= 15 is 0 Å². The Bertz CT molecular complexity index is 1120. The average molecular weight is 555 g/mol. The minimum Gasteiger partial charge on any atom is -0.0651 e. The summed E-state index contributed by atoms with van der Waals surface area (Å²) in [6.07, 6.45) is 8.68. The monoisotopic (exact) mass is 554 g/mol. The number of aryl methyl sites for hydroxylation is 3. The Kier molecular flexibility index (Phi) is 13.9. The Morgan fingerprint density at radius 1 is 0.512 bits per heavy atom. The molecular weight excluding hydrogens is 492 g/mol. The Morgan fingerprint density at radius 2 is 0.902 bits per heavy atom. The van der Waals surface area contributed by atoms with E-state index in [4.69, 9.17) is 0 Å². The van der Waals surface area contributed by atoms with Crippen LogP contribution in [-0.2, 0) is 30.1 Å². The molecule has 0 heteroatoms. The Labute approximate surface area is 255 Å². The van der Waals surface area contributed by atoms with Crippen LogP contribution < -0.4 is 0 Å². The fourth-order valence-corrected chi connectivity index (χ4v) is 5.17. The highest BCUT2D eigenvalue weighted by Crippen LogP contribution is 2.33. The predicted octanol–water partition coefficient (Wildman–Crippen LogP) is 12.2. The van der Waals surface area contributed by atoms with Crippen LogP contribution in [0.2, 0.25) is 0 Å². The highest BCUT2D eigenvalue weighted by molar-refractivity contribution is 5.40. The molecule has 0 aliphatic carbocycles. The summed E-state index contributed by atoms with van der Waals surface area (Å²) in [5.74, 6) is 2.39. The van der Waals surface area contributed by atoms with Gasteiger partial charge in [-0.05, 0) is 95.1 Å². The Balaban J connectivity index is 0.00000138. The minimum atomic E-state index is 0.00531. The zero-order valence-corrected chi connectivity index (χ0v) is 28.6. The summed E-state index contributed by atoms with van der Waals surface area (Å²) in [6.45, 7) is 25.1. The van der Waals surface area contributed by atoms with E-state index in [1.165, 1.54) is 71.9 Å². The van der Waals surface area contributed by atoms with Crippen molar-refractivity contribution in [1.29, 1.82) is 0 Å². The molecule has 3 aromatic rings. The van der Waals surface area contributed by atoms with Crippen LogP contribution in [0.4, 0.5) is 0 Å². The van der Waals surface area contributed by atoms with Crippen LogP contribution in [0.25, 0.3) is 0 Å². The first kappa shape index (κ1) is 34.9. The molecular formula is C41H62. The van der Waals surface area contributed by atoms with E-state index < -0.39 is 0 Å². The van der Waals surface area contributed by atoms with Crippen molar-refractivity contribution < 1.29 is 0 Å². The molecule has 0 spiro atoms. The zero-order valence-electron chi connectivity index (χ0n) is 28.6. The first-order valence-electron chi connectivity index (χ1n) is 16.5. The first-order valence-corrected chi connectivity index (χ1v) is 16.5. The molecule has 0 N–H and O–H groups in total. The molecule has 0 aliphatic heterocycles. The van der Waals surface area contributed by atoms with Crippen LogP contribution in [0.5, 0.6) is 0 Å². The number of rotatable bonds is 12. The number of benzene rings is 3. The molecule has 3 aromatic carbocycles. The smallest absolute Gasteiger partial charge is 0.0146 e. The summed E-state index contributed by atoms with van der Waals surface area (Å²) in [5.41, 5.74) is 8.85. The molecule has 226 valence electrons. The van der Waals surface area contributed by atoms with Crippen molar-refractivity contribution in [2.45, 2.75) is 132 Å². The van der Waals surface area contributed by atoms with Gasteiger partial charge in [-0.1, -0.05) is 155 Å². The molecule has 0 aromatic heterocycles. The second-order valence-corrected chi connectivity index (χ2v) is 14.9. The first-order chi connectivity index (χ1) is 19.2. The largest absolute Gasteiger partial charge is 0.0651 e. The van der Waals surface area contributed by atoms with Crippen LogP contribution in [0.15, 0.2) is 72.8 Å². The molecule has 0 nitrogen and oxygen atoms in total. The van der Waals surface area contributed by atoms with Gasteiger partial charge in [0.1, 0.15) is 0 Å². The van der Waals surface area contributed by atoms with E-state index in [0.29, 0.717) is 0 Å². The van der Waals surface area contributed by atoms with Gasteiger partial charge in [0, 0.05) is 5.41 Å². The molecule has 2 unspecified atom stereocenters. The molecule has 0 fully saturated rings. The zero-order chi connectivity index (χ0) is 30.6. The van der Waals surface area contributed by atoms with Crippen LogP contribution in [0, 0.1) is 17.8 Å². The normalized spacial score (nSPS) is 13.5. The third-order valence-electron chi connectivity index (χ3n) is 8.61. The lowest BCUT2D eigenvalue weighted by molar-refractivity contribution is 0.492. The van der Waals surface area contributed by atoms with Crippen molar-refractivity contribution in [3.05, 3.63) is 106 Å². The maximum absolute atomic E-state index is 2.45. The molecule has 2 atom stereocenters. The predicted molar refractivity (Wildman–Crippen MR) is 184 cm³/mol. The molecule has 0 aliphatic rings. The van der Waals surface area contributed by atoms with Crippen molar-refractivity contribution in [1.82, 2.24) is 0 Å². The van der Waals surface area contributed by atoms with Crippen molar-refractivity contribution in [3.63, 3.8) is 0 Å². The molecule has 0 saturated carbocycles. The SMILES string of the molecule is CC(C)C.CCC(C)CCc1cccc(CCC(C)CCc2ccc(C(C)(C)c3ccc(C(C)(C)C)cc3)cc2)c1. The maximum Gasteiger partial charge on any atom is 0.0146 e. The fourth-order valence-electron chi connectivity index (χ4n) is 5.17. The van der Waals surface area contributed by atoms with Gasteiger partial charge in [0.05, 0.1) is 0 Å². The number of hydrogen-bond acceptors (Lipinski definition) is 0. The second kappa shape index (κ2) is 16.3. The van der Waals surface area contributed by atoms with Gasteiger partial charge >= 0.3 is 0 Å². The summed E-state index contributed by atoms with van der Waals surface area (Å²) in [5, 5.41) is 0. The van der Waals surface area contributed by atoms with Gasteiger partial charge in [-0.3, -0.25) is 0 Å². The lowest BCUT2D eigenvalue weighted by atomic mass is 9.76. The van der Waals surface area contributed by atoms with Crippen molar-refractivity contribution in [3.8, 4) is 0 Å². The van der Waals surface area contributed by atoms with E-state index in [2.05, 4.69) is 149 Å². The standard InChI is InChI=1S/C37H52.C4H10/c1-9-28(2)13-17-31-11-10-12-32(27-31)18-15-29(3)14-16-30-19-21-34(22-20-30)37(7,8)35-25-23-33(24-26-35)36(4,5)6;1-4(2)3/h10-12,19-29H,9,13-18H2,1-8H3;4H,1-3H3. The lowest BCUT2D eigenvalue weighted by Crippen LogP contribution is -2.19. The lowest BCUT2D eigenvalue weighted by Gasteiger charge is -2.28. The summed E-state index contributed by atoms with van der Waals surface area (Å²) in [6, 6.07) is 28.0. The summed E-state index contributed by atoms with van der Waals surface area (Å²) < 4.78 is 0. The van der Waals surface area contributed by atoms with Crippen LogP contribution in [0.3, 0.4) is 0 Å². The molecule has 0 saturated heterocycles. The summed E-state index contributed by atoms with van der Waals surface area (Å²) in [7, 11) is 0. The van der Waals surface area contributed by atoms with E-state index in [9.17, 15) is 0 Å². The van der Waals surface area contributed by atoms with Crippen LogP contribution >= 0.6 is 0 Å². The van der Waals surface area contributed by atoms with Crippen molar-refractivity contribution >= 4 is 0 Å². The van der Waals surface area contributed by atoms with E-state index in [1.54, 1.807) is 0 Å². The van der Waals surface area contributed by atoms with Gasteiger partial charge in [0.25, 0.3) is 0 Å². The summed E-state index contributed by atoms with van der Waals surface area (Å²) >= 11 is 0. The highest BCUT2D eigenvalue weighted by atomic mass is 14.3. The third-order valence-corrected chi connectivity index (χ3v) is 8.61. The van der Waals surface area contributed by atoms with E-state index in [-0.39, 0.29) is 10.8 Å². The second-order valence-electron chi connectivity index (χ2n) is 14.9.